The smallest absolute Gasteiger partial charge is 0.127 e. The molecule has 1 aromatic carbocycles. The van der Waals surface area contributed by atoms with E-state index < -0.39 is 0 Å². The molecule has 0 amide bonds. The third kappa shape index (κ3) is 1.94. The van der Waals surface area contributed by atoms with Crippen molar-refractivity contribution in [3.63, 3.8) is 0 Å². The van der Waals surface area contributed by atoms with Crippen molar-refractivity contribution >= 4 is 5.69 Å². The van der Waals surface area contributed by atoms with E-state index in [9.17, 15) is 0 Å². The van der Waals surface area contributed by atoms with Gasteiger partial charge in [-0.2, -0.15) is 0 Å². The SMILES string of the molecule is COc1cc2c(c(OC)c1)CCC(C)(C)N2. The summed E-state index contributed by atoms with van der Waals surface area (Å²) in [5.41, 5.74) is 2.53. The number of hydrogen-bond acceptors (Lipinski definition) is 3. The minimum atomic E-state index is 0.143. The Morgan fingerprint density at radius 3 is 2.56 bits per heavy atom. The van der Waals surface area contributed by atoms with Gasteiger partial charge in [0.2, 0.25) is 0 Å². The number of rotatable bonds is 2. The Kier molecular flexibility index (Phi) is 2.70. The summed E-state index contributed by atoms with van der Waals surface area (Å²) in [6, 6.07) is 3.98. The van der Waals surface area contributed by atoms with Crippen molar-refractivity contribution in [3.05, 3.63) is 17.7 Å². The van der Waals surface area contributed by atoms with E-state index >= 15 is 0 Å². The van der Waals surface area contributed by atoms with Crippen molar-refractivity contribution < 1.29 is 9.47 Å². The predicted octanol–water partition coefficient (Wildman–Crippen LogP) is 2.84. The number of methoxy groups -OCH3 is 2. The Hall–Kier alpha value is -1.38. The van der Waals surface area contributed by atoms with Gasteiger partial charge in [-0.05, 0) is 26.7 Å². The first-order valence-corrected chi connectivity index (χ1v) is 5.59. The van der Waals surface area contributed by atoms with E-state index in [4.69, 9.17) is 9.47 Å². The zero-order valence-corrected chi connectivity index (χ0v) is 10.4. The van der Waals surface area contributed by atoms with Gasteiger partial charge in [-0.1, -0.05) is 0 Å². The molecule has 1 heterocycles. The van der Waals surface area contributed by atoms with E-state index in [1.54, 1.807) is 14.2 Å². The number of fused-ring (bicyclic) bond motifs is 1. The lowest BCUT2D eigenvalue weighted by Gasteiger charge is -2.34. The van der Waals surface area contributed by atoms with E-state index in [0.29, 0.717) is 0 Å². The summed E-state index contributed by atoms with van der Waals surface area (Å²) in [5, 5.41) is 3.53. The number of ether oxygens (including phenoxy) is 2. The summed E-state index contributed by atoms with van der Waals surface area (Å²) >= 11 is 0. The Morgan fingerprint density at radius 2 is 1.94 bits per heavy atom. The molecule has 0 bridgehead atoms. The molecule has 0 saturated carbocycles. The fourth-order valence-corrected chi connectivity index (χ4v) is 2.15. The Bertz CT molecular complexity index is 399. The van der Waals surface area contributed by atoms with Crippen LogP contribution in [0.1, 0.15) is 25.8 Å². The molecule has 0 spiro atoms. The molecule has 1 aliphatic rings. The molecule has 2 rings (SSSR count). The lowest BCUT2D eigenvalue weighted by molar-refractivity contribution is 0.386. The summed E-state index contributed by atoms with van der Waals surface area (Å²) in [6.07, 6.45) is 2.16. The largest absolute Gasteiger partial charge is 0.497 e. The molecule has 0 fully saturated rings. The monoisotopic (exact) mass is 221 g/mol. The zero-order chi connectivity index (χ0) is 11.8. The van der Waals surface area contributed by atoms with Gasteiger partial charge in [0, 0.05) is 28.9 Å². The number of nitrogens with one attached hydrogen (secondary N) is 1. The fourth-order valence-electron chi connectivity index (χ4n) is 2.15. The van der Waals surface area contributed by atoms with Gasteiger partial charge in [0.15, 0.2) is 0 Å². The minimum Gasteiger partial charge on any atom is -0.497 e. The van der Waals surface area contributed by atoms with Gasteiger partial charge >= 0.3 is 0 Å². The summed E-state index contributed by atoms with van der Waals surface area (Å²) in [5.74, 6) is 1.75. The molecule has 0 saturated heterocycles. The summed E-state index contributed by atoms with van der Waals surface area (Å²) in [4.78, 5) is 0. The number of hydrogen-bond donors (Lipinski definition) is 1. The molecule has 3 nitrogen and oxygen atoms in total. The highest BCUT2D eigenvalue weighted by molar-refractivity contribution is 5.64. The van der Waals surface area contributed by atoms with E-state index in [0.717, 1.165) is 30.0 Å². The highest BCUT2D eigenvalue weighted by Crippen LogP contribution is 2.39. The molecule has 3 heteroatoms. The Balaban J connectivity index is 2.46. The van der Waals surface area contributed by atoms with E-state index in [1.165, 1.54) is 5.56 Å². The van der Waals surface area contributed by atoms with E-state index in [-0.39, 0.29) is 5.54 Å². The van der Waals surface area contributed by atoms with Gasteiger partial charge in [0.25, 0.3) is 0 Å². The van der Waals surface area contributed by atoms with Crippen LogP contribution in [0.5, 0.6) is 11.5 Å². The van der Waals surface area contributed by atoms with Crippen molar-refractivity contribution in [1.82, 2.24) is 0 Å². The molecule has 1 N–H and O–H groups in total. The van der Waals surface area contributed by atoms with Crippen LogP contribution in [-0.2, 0) is 6.42 Å². The molecular weight excluding hydrogens is 202 g/mol. The van der Waals surface area contributed by atoms with Gasteiger partial charge in [0.1, 0.15) is 11.5 Å². The van der Waals surface area contributed by atoms with Gasteiger partial charge < -0.3 is 14.8 Å². The highest BCUT2D eigenvalue weighted by atomic mass is 16.5. The van der Waals surface area contributed by atoms with Crippen molar-refractivity contribution in [2.24, 2.45) is 0 Å². The molecule has 0 radical (unpaired) electrons. The molecule has 0 atom stereocenters. The first kappa shape index (κ1) is 11.1. The van der Waals surface area contributed by atoms with Crippen molar-refractivity contribution in [1.29, 1.82) is 0 Å². The first-order chi connectivity index (χ1) is 7.55. The third-order valence-electron chi connectivity index (χ3n) is 3.11. The average molecular weight is 221 g/mol. The van der Waals surface area contributed by atoms with Crippen LogP contribution in [0, 0.1) is 0 Å². The quantitative estimate of drug-likeness (QED) is 0.833. The molecule has 1 aliphatic heterocycles. The summed E-state index contributed by atoms with van der Waals surface area (Å²) < 4.78 is 10.7. The Labute approximate surface area is 96.8 Å². The number of benzene rings is 1. The van der Waals surface area contributed by atoms with Crippen LogP contribution < -0.4 is 14.8 Å². The third-order valence-corrected chi connectivity index (χ3v) is 3.11. The maximum atomic E-state index is 5.40. The van der Waals surface area contributed by atoms with Crippen LogP contribution in [0.2, 0.25) is 0 Å². The lowest BCUT2D eigenvalue weighted by atomic mass is 9.89. The second-order valence-corrected chi connectivity index (χ2v) is 4.86. The predicted molar refractivity (Wildman–Crippen MR) is 65.6 cm³/mol. The van der Waals surface area contributed by atoms with E-state index in [1.807, 2.05) is 12.1 Å². The average Bonchev–Trinajstić information content (AvgIpc) is 2.25. The van der Waals surface area contributed by atoms with Crippen LogP contribution in [0.3, 0.4) is 0 Å². The molecule has 16 heavy (non-hydrogen) atoms. The standard InChI is InChI=1S/C13H19NO2/c1-13(2)6-5-10-11(14-13)7-9(15-3)8-12(10)16-4/h7-8,14H,5-6H2,1-4H3. The van der Waals surface area contributed by atoms with Crippen molar-refractivity contribution in [2.75, 3.05) is 19.5 Å². The second-order valence-electron chi connectivity index (χ2n) is 4.86. The van der Waals surface area contributed by atoms with Gasteiger partial charge in [0.05, 0.1) is 14.2 Å². The molecular formula is C13H19NO2. The molecule has 1 aromatic rings. The van der Waals surface area contributed by atoms with Gasteiger partial charge in [-0.25, -0.2) is 0 Å². The molecule has 0 aromatic heterocycles. The van der Waals surface area contributed by atoms with Crippen LogP contribution in [0.4, 0.5) is 5.69 Å². The zero-order valence-electron chi connectivity index (χ0n) is 10.4. The molecule has 0 unspecified atom stereocenters. The van der Waals surface area contributed by atoms with Crippen LogP contribution in [0.15, 0.2) is 12.1 Å². The van der Waals surface area contributed by atoms with Crippen molar-refractivity contribution in [3.8, 4) is 11.5 Å². The first-order valence-electron chi connectivity index (χ1n) is 5.59. The van der Waals surface area contributed by atoms with Gasteiger partial charge in [-0.3, -0.25) is 0 Å². The van der Waals surface area contributed by atoms with Crippen LogP contribution in [-0.4, -0.2) is 19.8 Å². The fraction of sp³-hybridized carbons (Fsp3) is 0.538. The maximum absolute atomic E-state index is 5.40. The van der Waals surface area contributed by atoms with Crippen molar-refractivity contribution in [2.45, 2.75) is 32.2 Å². The van der Waals surface area contributed by atoms with Gasteiger partial charge in [-0.15, -0.1) is 0 Å². The topological polar surface area (TPSA) is 30.5 Å². The molecule has 88 valence electrons. The van der Waals surface area contributed by atoms with Crippen LogP contribution >= 0.6 is 0 Å². The van der Waals surface area contributed by atoms with E-state index in [2.05, 4.69) is 19.2 Å². The maximum Gasteiger partial charge on any atom is 0.127 e. The lowest BCUT2D eigenvalue weighted by Crippen LogP contribution is -2.35. The second kappa shape index (κ2) is 3.89. The summed E-state index contributed by atoms with van der Waals surface area (Å²) in [7, 11) is 3.38. The Morgan fingerprint density at radius 1 is 1.19 bits per heavy atom. The van der Waals surface area contributed by atoms with Crippen LogP contribution in [0.25, 0.3) is 0 Å². The summed E-state index contributed by atoms with van der Waals surface area (Å²) in [6.45, 7) is 4.42. The highest BCUT2D eigenvalue weighted by Gasteiger charge is 2.26. The minimum absolute atomic E-state index is 0.143. The molecule has 0 aliphatic carbocycles. The normalized spacial score (nSPS) is 17.2. The number of anilines is 1.